The van der Waals surface area contributed by atoms with Crippen LogP contribution in [-0.2, 0) is 4.74 Å². The number of nitrogens with zero attached hydrogens (tertiary/aromatic N) is 2. The summed E-state index contributed by atoms with van der Waals surface area (Å²) < 4.78 is 30.0. The Kier molecular flexibility index (Phi) is 4.43. The van der Waals surface area contributed by atoms with Crippen molar-refractivity contribution in [1.82, 2.24) is 10.2 Å². The molecular weight excluding hydrogens is 363 g/mol. The number of aryl methyl sites for hydroxylation is 2. The Labute approximate surface area is 159 Å². The van der Waals surface area contributed by atoms with E-state index in [0.29, 0.717) is 22.4 Å². The lowest BCUT2D eigenvalue weighted by Gasteiger charge is -2.08. The largest absolute Gasteiger partial charge is 0.449 e. The van der Waals surface area contributed by atoms with E-state index in [0.717, 1.165) is 11.1 Å². The van der Waals surface area contributed by atoms with Gasteiger partial charge in [-0.1, -0.05) is 17.7 Å². The molecule has 0 bridgehead atoms. The van der Waals surface area contributed by atoms with Crippen LogP contribution in [0.4, 0.5) is 4.39 Å². The summed E-state index contributed by atoms with van der Waals surface area (Å²) in [7, 11) is 0. The summed E-state index contributed by atoms with van der Waals surface area (Å²) >= 11 is 0. The van der Waals surface area contributed by atoms with Crippen LogP contribution >= 0.6 is 0 Å². The highest BCUT2D eigenvalue weighted by molar-refractivity contribution is 5.95. The molecule has 1 atom stereocenters. The zero-order chi connectivity index (χ0) is 19.8. The summed E-state index contributed by atoms with van der Waals surface area (Å²) in [6.07, 6.45) is -0.774. The van der Waals surface area contributed by atoms with Crippen LogP contribution in [-0.4, -0.2) is 16.2 Å². The number of halogens is 1. The van der Waals surface area contributed by atoms with E-state index in [1.165, 1.54) is 18.2 Å². The maximum absolute atomic E-state index is 13.4. The number of furan rings is 1. The molecule has 0 amide bonds. The van der Waals surface area contributed by atoms with Crippen molar-refractivity contribution in [1.29, 1.82) is 0 Å². The molecule has 142 valence electrons. The Hall–Kier alpha value is -3.48. The molecule has 28 heavy (non-hydrogen) atoms. The number of carbonyl (C=O) groups is 1. The van der Waals surface area contributed by atoms with Crippen LogP contribution in [0.1, 0.15) is 40.6 Å². The van der Waals surface area contributed by atoms with Gasteiger partial charge in [-0.25, -0.2) is 9.18 Å². The van der Waals surface area contributed by atoms with Crippen molar-refractivity contribution in [2.75, 3.05) is 0 Å². The molecule has 0 aliphatic rings. The summed E-state index contributed by atoms with van der Waals surface area (Å²) in [5.41, 5.74) is 2.82. The molecule has 7 heteroatoms. The standard InChI is InChI=1S/C21H17FN2O4/c1-11-4-6-14(7-5-11)20-24-23-19(28-20)13(3)26-21(25)18-12(2)16-10-15(22)8-9-17(16)27-18/h4-10,13H,1-3H3/t13-/m1/s1. The average molecular weight is 380 g/mol. The van der Waals surface area contributed by atoms with Crippen LogP contribution in [0.3, 0.4) is 0 Å². The lowest BCUT2D eigenvalue weighted by molar-refractivity contribution is 0.0245. The van der Waals surface area contributed by atoms with Crippen LogP contribution in [0.5, 0.6) is 0 Å². The molecule has 0 spiro atoms. The Balaban J connectivity index is 1.54. The van der Waals surface area contributed by atoms with Crippen molar-refractivity contribution < 1.29 is 22.8 Å². The van der Waals surface area contributed by atoms with Crippen LogP contribution in [0.25, 0.3) is 22.4 Å². The van der Waals surface area contributed by atoms with Gasteiger partial charge < -0.3 is 13.6 Å². The fourth-order valence-corrected chi connectivity index (χ4v) is 2.86. The van der Waals surface area contributed by atoms with Crippen LogP contribution in [0, 0.1) is 19.7 Å². The van der Waals surface area contributed by atoms with E-state index in [2.05, 4.69) is 10.2 Å². The Morgan fingerprint density at radius 3 is 2.57 bits per heavy atom. The monoisotopic (exact) mass is 380 g/mol. The minimum absolute atomic E-state index is 0.0192. The number of carbonyl (C=O) groups excluding carboxylic acids is 1. The zero-order valence-electron chi connectivity index (χ0n) is 15.5. The first-order valence-corrected chi connectivity index (χ1v) is 8.72. The van der Waals surface area contributed by atoms with Gasteiger partial charge in [-0.2, -0.15) is 0 Å². The molecule has 0 aliphatic heterocycles. The van der Waals surface area contributed by atoms with E-state index in [1.807, 2.05) is 31.2 Å². The van der Waals surface area contributed by atoms with Gasteiger partial charge in [-0.15, -0.1) is 10.2 Å². The molecule has 0 saturated heterocycles. The maximum Gasteiger partial charge on any atom is 0.375 e. The van der Waals surface area contributed by atoms with Gasteiger partial charge in [0.15, 0.2) is 6.10 Å². The fourth-order valence-electron chi connectivity index (χ4n) is 2.86. The molecule has 6 nitrogen and oxygen atoms in total. The van der Waals surface area contributed by atoms with Gasteiger partial charge in [0, 0.05) is 16.5 Å². The van der Waals surface area contributed by atoms with E-state index in [1.54, 1.807) is 13.8 Å². The Bertz CT molecular complexity index is 1160. The normalized spacial score (nSPS) is 12.3. The first-order chi connectivity index (χ1) is 13.4. The second-order valence-corrected chi connectivity index (χ2v) is 6.56. The van der Waals surface area contributed by atoms with Crippen LogP contribution in [0.2, 0.25) is 0 Å². The maximum atomic E-state index is 13.4. The summed E-state index contributed by atoms with van der Waals surface area (Å²) in [6.45, 7) is 5.29. The average Bonchev–Trinajstić information content (AvgIpc) is 3.28. The molecule has 0 aliphatic carbocycles. The van der Waals surface area contributed by atoms with E-state index >= 15 is 0 Å². The lowest BCUT2D eigenvalue weighted by Crippen LogP contribution is -2.09. The van der Waals surface area contributed by atoms with Gasteiger partial charge in [-0.05, 0) is 51.1 Å². The van der Waals surface area contributed by atoms with E-state index in [9.17, 15) is 9.18 Å². The lowest BCUT2D eigenvalue weighted by atomic mass is 10.1. The number of hydrogen-bond donors (Lipinski definition) is 0. The number of esters is 1. The first kappa shape index (κ1) is 17.9. The highest BCUT2D eigenvalue weighted by Gasteiger charge is 2.24. The van der Waals surface area contributed by atoms with Crippen LogP contribution < -0.4 is 0 Å². The topological polar surface area (TPSA) is 78.4 Å². The highest BCUT2D eigenvalue weighted by Crippen LogP contribution is 2.28. The van der Waals surface area contributed by atoms with Gasteiger partial charge in [-0.3, -0.25) is 0 Å². The number of fused-ring (bicyclic) bond motifs is 1. The molecule has 2 aromatic carbocycles. The van der Waals surface area contributed by atoms with Gasteiger partial charge in [0.05, 0.1) is 0 Å². The predicted molar refractivity (Wildman–Crippen MR) is 99.2 cm³/mol. The molecule has 0 fully saturated rings. The predicted octanol–water partition coefficient (Wildman–Crippen LogP) is 5.16. The third-order valence-electron chi connectivity index (χ3n) is 4.45. The van der Waals surface area contributed by atoms with Crippen molar-refractivity contribution in [2.24, 2.45) is 0 Å². The number of ether oxygens (including phenoxy) is 1. The van der Waals surface area contributed by atoms with Crippen molar-refractivity contribution >= 4 is 16.9 Å². The van der Waals surface area contributed by atoms with Gasteiger partial charge in [0.1, 0.15) is 11.4 Å². The van der Waals surface area contributed by atoms with Gasteiger partial charge in [0.25, 0.3) is 5.89 Å². The summed E-state index contributed by atoms with van der Waals surface area (Å²) in [5.74, 6) is -0.557. The fraction of sp³-hybridized carbons (Fsp3) is 0.190. The summed E-state index contributed by atoms with van der Waals surface area (Å²) in [6, 6.07) is 11.7. The molecule has 0 radical (unpaired) electrons. The second kappa shape index (κ2) is 6.92. The number of aromatic nitrogens is 2. The molecule has 2 aromatic heterocycles. The van der Waals surface area contributed by atoms with E-state index in [4.69, 9.17) is 13.6 Å². The number of benzene rings is 2. The third-order valence-corrected chi connectivity index (χ3v) is 4.45. The quantitative estimate of drug-likeness (QED) is 0.455. The van der Waals surface area contributed by atoms with Crippen molar-refractivity contribution in [2.45, 2.75) is 26.9 Å². The van der Waals surface area contributed by atoms with Crippen molar-refractivity contribution in [3.8, 4) is 11.5 Å². The molecule has 0 unspecified atom stereocenters. The minimum Gasteiger partial charge on any atom is -0.449 e. The Morgan fingerprint density at radius 1 is 1.07 bits per heavy atom. The van der Waals surface area contributed by atoms with E-state index in [-0.39, 0.29) is 11.7 Å². The van der Waals surface area contributed by atoms with Crippen LogP contribution in [0.15, 0.2) is 51.3 Å². The van der Waals surface area contributed by atoms with E-state index < -0.39 is 17.9 Å². The molecule has 4 rings (SSSR count). The summed E-state index contributed by atoms with van der Waals surface area (Å²) in [4.78, 5) is 12.5. The molecule has 4 aromatic rings. The van der Waals surface area contributed by atoms with Crippen molar-refractivity contribution in [3.05, 3.63) is 71.1 Å². The third kappa shape index (κ3) is 3.26. The molecule has 0 N–H and O–H groups in total. The molecule has 2 heterocycles. The highest BCUT2D eigenvalue weighted by atomic mass is 19.1. The SMILES string of the molecule is Cc1ccc(-c2nnc([C@@H](C)OC(=O)c3oc4ccc(F)cc4c3C)o2)cc1. The van der Waals surface area contributed by atoms with Crippen molar-refractivity contribution in [3.63, 3.8) is 0 Å². The zero-order valence-corrected chi connectivity index (χ0v) is 15.5. The van der Waals surface area contributed by atoms with Gasteiger partial charge >= 0.3 is 5.97 Å². The molecular formula is C21H17FN2O4. The minimum atomic E-state index is -0.774. The number of rotatable bonds is 4. The Morgan fingerprint density at radius 2 is 1.82 bits per heavy atom. The second-order valence-electron chi connectivity index (χ2n) is 6.56. The number of hydrogen-bond acceptors (Lipinski definition) is 6. The van der Waals surface area contributed by atoms with Gasteiger partial charge in [0.2, 0.25) is 11.7 Å². The molecule has 0 saturated carbocycles. The first-order valence-electron chi connectivity index (χ1n) is 8.72. The summed E-state index contributed by atoms with van der Waals surface area (Å²) in [5, 5.41) is 8.50. The smallest absolute Gasteiger partial charge is 0.375 e.